The first-order chi connectivity index (χ1) is 12.5. The summed E-state index contributed by atoms with van der Waals surface area (Å²) in [6.07, 6.45) is 6.92. The van der Waals surface area contributed by atoms with Crippen molar-refractivity contribution in [3.63, 3.8) is 0 Å². The van der Waals surface area contributed by atoms with Gasteiger partial charge in [-0.3, -0.25) is 9.59 Å². The number of carbonyl (C=O) groups is 2. The molecule has 2 aromatic rings. The molecular formula is C20H26N2O4. The molecule has 6 heteroatoms. The van der Waals surface area contributed by atoms with Gasteiger partial charge in [0, 0.05) is 42.5 Å². The molecule has 0 radical (unpaired) electrons. The minimum atomic E-state index is -0.837. The molecule has 0 atom stereocenters. The molecule has 1 saturated carbocycles. The number of carbonyl (C=O) groups excluding carboxylic acids is 1. The number of hydrogen-bond acceptors (Lipinski definition) is 4. The molecule has 0 saturated heterocycles. The lowest BCUT2D eigenvalue weighted by Gasteiger charge is -2.14. The highest BCUT2D eigenvalue weighted by atomic mass is 16.5. The fraction of sp³-hybridized carbons (Fsp3) is 0.500. The molecule has 0 bridgehead atoms. The van der Waals surface area contributed by atoms with E-state index in [9.17, 15) is 9.59 Å². The van der Waals surface area contributed by atoms with Gasteiger partial charge in [0.05, 0.1) is 0 Å². The number of benzene rings is 1. The fourth-order valence-corrected chi connectivity index (χ4v) is 3.15. The van der Waals surface area contributed by atoms with Gasteiger partial charge in [-0.1, -0.05) is 0 Å². The molecule has 6 nitrogen and oxygen atoms in total. The van der Waals surface area contributed by atoms with Gasteiger partial charge in [0.25, 0.3) is 0 Å². The number of nitrogens with one attached hydrogen (secondary N) is 1. The Bertz CT molecular complexity index is 779. The second kappa shape index (κ2) is 8.36. The minimum Gasteiger partial charge on any atom is -0.481 e. The van der Waals surface area contributed by atoms with Gasteiger partial charge in [-0.25, -0.2) is 0 Å². The average molecular weight is 358 g/mol. The average Bonchev–Trinajstić information content (AvgIpc) is 3.38. The van der Waals surface area contributed by atoms with E-state index in [4.69, 9.17) is 9.84 Å². The number of fused-ring (bicyclic) bond motifs is 1. The van der Waals surface area contributed by atoms with Crippen molar-refractivity contribution >= 4 is 22.8 Å². The Kier molecular flexibility index (Phi) is 5.93. The summed E-state index contributed by atoms with van der Waals surface area (Å²) < 4.78 is 5.42. The standard InChI is InChI=1S/C20H26N2O4/c1-22(15-6-7-15)11-10-14-13-21-18-9-8-16(12-17(14)18)26-20(25)5-3-2-4-19(23)24/h8-9,12-13,15,21H,2-7,10-11H2,1H3,(H,23,24). The van der Waals surface area contributed by atoms with Crippen LogP contribution in [0.4, 0.5) is 0 Å². The third-order valence-electron chi connectivity index (χ3n) is 4.90. The van der Waals surface area contributed by atoms with Crippen LogP contribution in [0.25, 0.3) is 10.9 Å². The number of aliphatic carboxylic acids is 1. The van der Waals surface area contributed by atoms with Gasteiger partial charge in [0.1, 0.15) is 5.75 Å². The first-order valence-electron chi connectivity index (χ1n) is 9.25. The summed E-state index contributed by atoms with van der Waals surface area (Å²) in [5, 5.41) is 9.70. The van der Waals surface area contributed by atoms with E-state index < -0.39 is 5.97 Å². The van der Waals surface area contributed by atoms with Crippen LogP contribution >= 0.6 is 0 Å². The molecule has 0 amide bonds. The molecule has 0 unspecified atom stereocenters. The number of H-pyrrole nitrogens is 1. The molecular weight excluding hydrogens is 332 g/mol. The number of esters is 1. The maximum atomic E-state index is 11.9. The van der Waals surface area contributed by atoms with Crippen LogP contribution in [-0.2, 0) is 16.0 Å². The van der Waals surface area contributed by atoms with Crippen molar-refractivity contribution in [1.29, 1.82) is 0 Å². The fourth-order valence-electron chi connectivity index (χ4n) is 3.15. The SMILES string of the molecule is CN(CCc1c[nH]c2ccc(OC(=O)CCCCC(=O)O)cc12)C1CC1. The number of aromatic nitrogens is 1. The van der Waals surface area contributed by atoms with Crippen molar-refractivity contribution < 1.29 is 19.4 Å². The number of nitrogens with zero attached hydrogens (tertiary/aromatic N) is 1. The zero-order chi connectivity index (χ0) is 18.5. The maximum Gasteiger partial charge on any atom is 0.311 e. The highest BCUT2D eigenvalue weighted by Gasteiger charge is 2.25. The van der Waals surface area contributed by atoms with E-state index in [1.54, 1.807) is 6.07 Å². The van der Waals surface area contributed by atoms with E-state index >= 15 is 0 Å². The quantitative estimate of drug-likeness (QED) is 0.387. The summed E-state index contributed by atoms with van der Waals surface area (Å²) >= 11 is 0. The Labute approximate surface area is 153 Å². The van der Waals surface area contributed by atoms with Crippen LogP contribution in [0, 0.1) is 0 Å². The summed E-state index contributed by atoms with van der Waals surface area (Å²) in [5.41, 5.74) is 2.27. The van der Waals surface area contributed by atoms with Gasteiger partial charge in [-0.2, -0.15) is 0 Å². The largest absolute Gasteiger partial charge is 0.481 e. The minimum absolute atomic E-state index is 0.0846. The van der Waals surface area contributed by atoms with E-state index in [0.29, 0.717) is 18.6 Å². The van der Waals surface area contributed by atoms with Crippen LogP contribution < -0.4 is 4.74 Å². The molecule has 0 aliphatic heterocycles. The normalized spacial score (nSPS) is 14.1. The number of ether oxygens (including phenoxy) is 1. The van der Waals surface area contributed by atoms with Crippen molar-refractivity contribution in [2.24, 2.45) is 0 Å². The van der Waals surface area contributed by atoms with Gasteiger partial charge >= 0.3 is 11.9 Å². The molecule has 1 aromatic heterocycles. The van der Waals surface area contributed by atoms with Crippen LogP contribution in [0.5, 0.6) is 5.75 Å². The predicted molar refractivity (Wildman–Crippen MR) is 99.4 cm³/mol. The highest BCUT2D eigenvalue weighted by Crippen LogP contribution is 2.27. The maximum absolute atomic E-state index is 11.9. The third-order valence-corrected chi connectivity index (χ3v) is 4.90. The summed E-state index contributed by atoms with van der Waals surface area (Å²) in [5.74, 6) is -0.617. The van der Waals surface area contributed by atoms with E-state index in [0.717, 1.165) is 29.9 Å². The molecule has 140 valence electrons. The van der Waals surface area contributed by atoms with Crippen LogP contribution in [0.3, 0.4) is 0 Å². The van der Waals surface area contributed by atoms with Crippen molar-refractivity contribution in [3.8, 4) is 5.75 Å². The summed E-state index contributed by atoms with van der Waals surface area (Å²) in [7, 11) is 2.17. The lowest BCUT2D eigenvalue weighted by molar-refractivity contribution is -0.138. The van der Waals surface area contributed by atoms with Crippen LogP contribution in [0.15, 0.2) is 24.4 Å². The molecule has 0 spiro atoms. The van der Waals surface area contributed by atoms with E-state index in [1.807, 2.05) is 18.3 Å². The second-order valence-electron chi connectivity index (χ2n) is 7.06. The lowest BCUT2D eigenvalue weighted by Crippen LogP contribution is -2.23. The zero-order valence-corrected chi connectivity index (χ0v) is 15.2. The third kappa shape index (κ3) is 5.08. The van der Waals surface area contributed by atoms with Gasteiger partial charge < -0.3 is 19.7 Å². The Morgan fingerprint density at radius 3 is 2.77 bits per heavy atom. The number of likely N-dealkylation sites (N-methyl/N-ethyl adjacent to an activating group) is 1. The molecule has 1 aliphatic carbocycles. The van der Waals surface area contributed by atoms with Crippen LogP contribution in [0.1, 0.15) is 44.1 Å². The number of aromatic amines is 1. The van der Waals surface area contributed by atoms with Crippen molar-refractivity contribution in [1.82, 2.24) is 9.88 Å². The molecule has 1 aliphatic rings. The van der Waals surface area contributed by atoms with Gasteiger partial charge in [0.15, 0.2) is 0 Å². The van der Waals surface area contributed by atoms with E-state index in [1.165, 1.54) is 18.4 Å². The first kappa shape index (κ1) is 18.5. The number of carboxylic acid groups (broad SMARTS) is 1. The second-order valence-corrected chi connectivity index (χ2v) is 7.06. The number of unbranched alkanes of at least 4 members (excludes halogenated alkanes) is 1. The molecule has 1 heterocycles. The Morgan fingerprint density at radius 2 is 2.04 bits per heavy atom. The van der Waals surface area contributed by atoms with Crippen molar-refractivity contribution in [2.45, 2.75) is 51.0 Å². The van der Waals surface area contributed by atoms with Gasteiger partial charge in [-0.05, 0) is 62.9 Å². The molecule has 3 rings (SSSR count). The molecule has 26 heavy (non-hydrogen) atoms. The topological polar surface area (TPSA) is 82.6 Å². The van der Waals surface area contributed by atoms with Crippen molar-refractivity contribution in [3.05, 3.63) is 30.0 Å². The van der Waals surface area contributed by atoms with Crippen LogP contribution in [-0.4, -0.2) is 46.6 Å². The number of rotatable bonds is 10. The zero-order valence-electron chi connectivity index (χ0n) is 15.2. The number of carboxylic acids is 1. The van der Waals surface area contributed by atoms with E-state index in [-0.39, 0.29) is 18.8 Å². The smallest absolute Gasteiger partial charge is 0.311 e. The number of hydrogen-bond donors (Lipinski definition) is 2. The van der Waals surface area contributed by atoms with E-state index in [2.05, 4.69) is 16.9 Å². The molecule has 2 N–H and O–H groups in total. The first-order valence-corrected chi connectivity index (χ1v) is 9.25. The molecule has 1 aromatic carbocycles. The highest BCUT2D eigenvalue weighted by molar-refractivity contribution is 5.85. The summed E-state index contributed by atoms with van der Waals surface area (Å²) in [6, 6.07) is 6.37. The summed E-state index contributed by atoms with van der Waals surface area (Å²) in [4.78, 5) is 28.1. The van der Waals surface area contributed by atoms with Crippen molar-refractivity contribution in [2.75, 3.05) is 13.6 Å². The van der Waals surface area contributed by atoms with Gasteiger partial charge in [-0.15, -0.1) is 0 Å². The Hall–Kier alpha value is -2.34. The summed E-state index contributed by atoms with van der Waals surface area (Å²) in [6.45, 7) is 1.02. The molecule has 1 fully saturated rings. The van der Waals surface area contributed by atoms with Crippen LogP contribution in [0.2, 0.25) is 0 Å². The predicted octanol–water partition coefficient (Wildman–Crippen LogP) is 3.36. The monoisotopic (exact) mass is 358 g/mol. The van der Waals surface area contributed by atoms with Gasteiger partial charge in [0.2, 0.25) is 0 Å². The Morgan fingerprint density at radius 1 is 1.27 bits per heavy atom. The lowest BCUT2D eigenvalue weighted by atomic mass is 10.1. The Balaban J connectivity index is 1.56.